The first kappa shape index (κ1) is 11.3. The molecule has 1 aromatic heterocycles. The number of benzene rings is 1. The van der Waals surface area contributed by atoms with Crippen molar-refractivity contribution in [3.05, 3.63) is 30.5 Å². The molecule has 2 N–H and O–H groups in total. The molecular formula is C12H14N4O. The zero-order valence-corrected chi connectivity index (χ0v) is 9.63. The largest absolute Gasteiger partial charge is 0.494 e. The summed E-state index contributed by atoms with van der Waals surface area (Å²) in [7, 11) is 0. The summed E-state index contributed by atoms with van der Waals surface area (Å²) in [5.41, 5.74) is 7.13. The van der Waals surface area contributed by atoms with Gasteiger partial charge in [0, 0.05) is 5.56 Å². The monoisotopic (exact) mass is 230 g/mol. The highest BCUT2D eigenvalue weighted by Gasteiger charge is 2.01. The van der Waals surface area contributed by atoms with Crippen LogP contribution < -0.4 is 10.5 Å². The van der Waals surface area contributed by atoms with Crippen molar-refractivity contribution in [3.8, 4) is 17.0 Å². The fourth-order valence-electron chi connectivity index (χ4n) is 1.40. The number of hydrogen-bond donors (Lipinski definition) is 1. The Balaban J connectivity index is 2.17. The van der Waals surface area contributed by atoms with Crippen molar-refractivity contribution in [1.29, 1.82) is 0 Å². The van der Waals surface area contributed by atoms with E-state index in [9.17, 15) is 0 Å². The lowest BCUT2D eigenvalue weighted by atomic mass is 10.1. The van der Waals surface area contributed by atoms with Crippen LogP contribution in [0.15, 0.2) is 30.5 Å². The number of nitrogen functional groups attached to an aromatic ring is 1. The van der Waals surface area contributed by atoms with Crippen LogP contribution in [-0.2, 0) is 0 Å². The van der Waals surface area contributed by atoms with Gasteiger partial charge in [0.25, 0.3) is 0 Å². The smallest absolute Gasteiger partial charge is 0.240 e. The zero-order chi connectivity index (χ0) is 12.1. The molecule has 0 fully saturated rings. The third-order valence-corrected chi connectivity index (χ3v) is 2.20. The number of ether oxygens (including phenoxy) is 1. The zero-order valence-electron chi connectivity index (χ0n) is 9.63. The maximum absolute atomic E-state index is 5.50. The predicted octanol–water partition coefficient (Wildman–Crippen LogP) is 1.91. The first-order valence-electron chi connectivity index (χ1n) is 5.48. The highest BCUT2D eigenvalue weighted by molar-refractivity contribution is 5.59. The van der Waals surface area contributed by atoms with E-state index in [4.69, 9.17) is 10.5 Å². The molecule has 0 atom stereocenters. The molecule has 1 heterocycles. The van der Waals surface area contributed by atoms with E-state index < -0.39 is 0 Å². The summed E-state index contributed by atoms with van der Waals surface area (Å²) in [6.45, 7) is 2.80. The van der Waals surface area contributed by atoms with Crippen LogP contribution >= 0.6 is 0 Å². The van der Waals surface area contributed by atoms with Gasteiger partial charge in [-0.1, -0.05) is 6.92 Å². The number of rotatable bonds is 4. The van der Waals surface area contributed by atoms with E-state index in [-0.39, 0.29) is 5.95 Å². The molecule has 0 saturated carbocycles. The summed E-state index contributed by atoms with van der Waals surface area (Å²) in [5, 5.41) is 7.38. The van der Waals surface area contributed by atoms with E-state index in [1.165, 1.54) is 0 Å². The summed E-state index contributed by atoms with van der Waals surface area (Å²) in [6.07, 6.45) is 2.58. The number of nitrogens with two attached hydrogens (primary N) is 1. The SMILES string of the molecule is CCCOc1ccc(-c2cnnc(N)n2)cc1. The van der Waals surface area contributed by atoms with Crippen LogP contribution in [0.2, 0.25) is 0 Å². The lowest BCUT2D eigenvalue weighted by Gasteiger charge is -2.05. The van der Waals surface area contributed by atoms with Gasteiger partial charge in [-0.3, -0.25) is 0 Å². The summed E-state index contributed by atoms with van der Waals surface area (Å²) in [4.78, 5) is 4.10. The Hall–Kier alpha value is -2.17. The van der Waals surface area contributed by atoms with Crippen LogP contribution in [0.5, 0.6) is 5.75 Å². The van der Waals surface area contributed by atoms with Gasteiger partial charge in [0.2, 0.25) is 5.95 Å². The first-order valence-corrected chi connectivity index (χ1v) is 5.48. The van der Waals surface area contributed by atoms with Crippen molar-refractivity contribution in [2.24, 2.45) is 0 Å². The molecular weight excluding hydrogens is 216 g/mol. The highest BCUT2D eigenvalue weighted by Crippen LogP contribution is 2.20. The Labute approximate surface area is 99.7 Å². The Morgan fingerprint density at radius 3 is 2.65 bits per heavy atom. The highest BCUT2D eigenvalue weighted by atomic mass is 16.5. The molecule has 0 aliphatic rings. The van der Waals surface area contributed by atoms with E-state index in [0.29, 0.717) is 5.69 Å². The molecule has 0 spiro atoms. The molecule has 2 aromatic rings. The standard InChI is InChI=1S/C12H14N4O/c1-2-7-17-10-5-3-9(4-6-10)11-8-14-16-12(13)15-11/h3-6,8H,2,7H2,1H3,(H2,13,15,16). The molecule has 0 aliphatic carbocycles. The topological polar surface area (TPSA) is 73.9 Å². The Bertz CT molecular complexity index is 484. The summed E-state index contributed by atoms with van der Waals surface area (Å²) >= 11 is 0. The molecule has 0 aliphatic heterocycles. The molecule has 5 heteroatoms. The van der Waals surface area contributed by atoms with Gasteiger partial charge in [-0.25, -0.2) is 4.98 Å². The van der Waals surface area contributed by atoms with Crippen LogP contribution in [0.3, 0.4) is 0 Å². The lowest BCUT2D eigenvalue weighted by Crippen LogP contribution is -1.98. The summed E-state index contributed by atoms with van der Waals surface area (Å²) < 4.78 is 5.50. The Morgan fingerprint density at radius 1 is 1.24 bits per heavy atom. The minimum Gasteiger partial charge on any atom is -0.494 e. The summed E-state index contributed by atoms with van der Waals surface area (Å²) in [6, 6.07) is 7.66. The maximum atomic E-state index is 5.50. The number of anilines is 1. The second kappa shape index (κ2) is 5.25. The van der Waals surface area contributed by atoms with Gasteiger partial charge in [-0.15, -0.1) is 5.10 Å². The molecule has 0 saturated heterocycles. The second-order valence-corrected chi connectivity index (χ2v) is 3.57. The quantitative estimate of drug-likeness (QED) is 0.868. The van der Waals surface area contributed by atoms with E-state index in [1.54, 1.807) is 6.20 Å². The first-order chi connectivity index (χ1) is 8.29. The van der Waals surface area contributed by atoms with Crippen LogP contribution in [0.25, 0.3) is 11.3 Å². The van der Waals surface area contributed by atoms with Gasteiger partial charge in [0.15, 0.2) is 0 Å². The molecule has 0 amide bonds. The van der Waals surface area contributed by atoms with E-state index in [1.807, 2.05) is 24.3 Å². The van der Waals surface area contributed by atoms with Gasteiger partial charge in [0.1, 0.15) is 5.75 Å². The normalized spacial score (nSPS) is 10.2. The Kier molecular flexibility index (Phi) is 3.49. The molecule has 2 rings (SSSR count). The van der Waals surface area contributed by atoms with E-state index in [0.717, 1.165) is 24.3 Å². The van der Waals surface area contributed by atoms with E-state index in [2.05, 4.69) is 22.1 Å². The number of nitrogens with zero attached hydrogens (tertiary/aromatic N) is 3. The Morgan fingerprint density at radius 2 is 2.00 bits per heavy atom. The maximum Gasteiger partial charge on any atom is 0.240 e. The van der Waals surface area contributed by atoms with Gasteiger partial charge < -0.3 is 10.5 Å². The molecule has 88 valence electrons. The van der Waals surface area contributed by atoms with Gasteiger partial charge >= 0.3 is 0 Å². The third kappa shape index (κ3) is 2.90. The van der Waals surface area contributed by atoms with Crippen molar-refractivity contribution in [2.45, 2.75) is 13.3 Å². The van der Waals surface area contributed by atoms with Crippen LogP contribution in [0, 0.1) is 0 Å². The average molecular weight is 230 g/mol. The average Bonchev–Trinajstić information content (AvgIpc) is 2.37. The van der Waals surface area contributed by atoms with Crippen molar-refractivity contribution in [2.75, 3.05) is 12.3 Å². The van der Waals surface area contributed by atoms with Crippen molar-refractivity contribution < 1.29 is 4.74 Å². The molecule has 0 unspecified atom stereocenters. The van der Waals surface area contributed by atoms with E-state index >= 15 is 0 Å². The minimum absolute atomic E-state index is 0.175. The number of aromatic nitrogens is 3. The third-order valence-electron chi connectivity index (χ3n) is 2.20. The number of hydrogen-bond acceptors (Lipinski definition) is 5. The molecule has 17 heavy (non-hydrogen) atoms. The van der Waals surface area contributed by atoms with Crippen LogP contribution in [0.1, 0.15) is 13.3 Å². The minimum atomic E-state index is 0.175. The van der Waals surface area contributed by atoms with Crippen molar-refractivity contribution in [1.82, 2.24) is 15.2 Å². The van der Waals surface area contributed by atoms with Gasteiger partial charge in [0.05, 0.1) is 18.5 Å². The van der Waals surface area contributed by atoms with Gasteiger partial charge in [-0.2, -0.15) is 5.10 Å². The van der Waals surface area contributed by atoms with Crippen LogP contribution in [0.4, 0.5) is 5.95 Å². The second-order valence-electron chi connectivity index (χ2n) is 3.57. The predicted molar refractivity (Wildman–Crippen MR) is 65.5 cm³/mol. The molecule has 0 radical (unpaired) electrons. The summed E-state index contributed by atoms with van der Waals surface area (Å²) in [5.74, 6) is 1.03. The van der Waals surface area contributed by atoms with Gasteiger partial charge in [-0.05, 0) is 30.7 Å². The molecule has 5 nitrogen and oxygen atoms in total. The van der Waals surface area contributed by atoms with Crippen LogP contribution in [-0.4, -0.2) is 21.8 Å². The lowest BCUT2D eigenvalue weighted by molar-refractivity contribution is 0.317. The fourth-order valence-corrected chi connectivity index (χ4v) is 1.40. The molecule has 1 aromatic carbocycles. The van der Waals surface area contributed by atoms with Crippen molar-refractivity contribution in [3.63, 3.8) is 0 Å². The molecule has 0 bridgehead atoms. The van der Waals surface area contributed by atoms with Crippen molar-refractivity contribution >= 4 is 5.95 Å². The fraction of sp³-hybridized carbons (Fsp3) is 0.250.